The number of amides is 1. The Balaban J connectivity index is 1.74. The fourth-order valence-corrected chi connectivity index (χ4v) is 4.19. The lowest BCUT2D eigenvalue weighted by Gasteiger charge is -2.29. The average molecular weight is 412 g/mol. The minimum absolute atomic E-state index is 0.0463. The van der Waals surface area contributed by atoms with Gasteiger partial charge in [0.05, 0.1) is 17.5 Å². The van der Waals surface area contributed by atoms with Gasteiger partial charge in [0.15, 0.2) is 0 Å². The third-order valence-electron chi connectivity index (χ3n) is 4.53. The van der Waals surface area contributed by atoms with Crippen LogP contribution < -0.4 is 9.62 Å². The van der Waals surface area contributed by atoms with E-state index in [-0.39, 0.29) is 6.54 Å². The number of anilines is 1. The van der Waals surface area contributed by atoms with Crippen molar-refractivity contribution in [3.63, 3.8) is 0 Å². The van der Waals surface area contributed by atoms with Gasteiger partial charge in [0.1, 0.15) is 0 Å². The first-order chi connectivity index (χ1) is 13.1. The fourth-order valence-electron chi connectivity index (χ4n) is 3.19. The topological polar surface area (TPSA) is 66.5 Å². The van der Waals surface area contributed by atoms with Crippen LogP contribution in [0.5, 0.6) is 0 Å². The molecule has 0 bridgehead atoms. The number of benzene rings is 2. The van der Waals surface area contributed by atoms with Gasteiger partial charge in [-0.2, -0.15) is 13.2 Å². The van der Waals surface area contributed by atoms with Gasteiger partial charge in [0.25, 0.3) is 5.91 Å². The normalized spacial score (nSPS) is 14.5. The number of hydrogen-bond donors (Lipinski definition) is 1. The van der Waals surface area contributed by atoms with Crippen LogP contribution in [0.25, 0.3) is 0 Å². The predicted octanol–water partition coefficient (Wildman–Crippen LogP) is 3.35. The monoisotopic (exact) mass is 412 g/mol. The Labute approximate surface area is 161 Å². The van der Waals surface area contributed by atoms with Crippen molar-refractivity contribution in [1.29, 1.82) is 0 Å². The van der Waals surface area contributed by atoms with Gasteiger partial charge in [-0.25, -0.2) is 8.42 Å². The van der Waals surface area contributed by atoms with E-state index in [1.165, 1.54) is 22.5 Å². The van der Waals surface area contributed by atoms with Gasteiger partial charge in [-0.3, -0.25) is 9.10 Å². The maximum absolute atomic E-state index is 12.8. The number of nitrogens with one attached hydrogen (secondary N) is 1. The molecule has 9 heteroatoms. The molecular formula is C19H19F3N2O3S. The summed E-state index contributed by atoms with van der Waals surface area (Å²) < 4.78 is 63.4. The largest absolute Gasteiger partial charge is 0.416 e. The van der Waals surface area contributed by atoms with E-state index in [9.17, 15) is 26.4 Å². The van der Waals surface area contributed by atoms with Crippen LogP contribution in [0.4, 0.5) is 18.9 Å². The van der Waals surface area contributed by atoms with E-state index in [1.807, 2.05) is 0 Å². The van der Waals surface area contributed by atoms with Crippen molar-refractivity contribution in [3.05, 3.63) is 64.7 Å². The number of nitrogens with zero attached hydrogens (tertiary/aromatic N) is 1. The van der Waals surface area contributed by atoms with Crippen molar-refractivity contribution in [2.24, 2.45) is 0 Å². The summed E-state index contributed by atoms with van der Waals surface area (Å²) in [5.41, 5.74) is 1.21. The van der Waals surface area contributed by atoms with Crippen LogP contribution in [-0.4, -0.2) is 27.1 Å². The molecule has 1 N–H and O–H groups in total. The van der Waals surface area contributed by atoms with Crippen molar-refractivity contribution >= 4 is 21.6 Å². The highest BCUT2D eigenvalue weighted by Crippen LogP contribution is 2.31. The zero-order valence-corrected chi connectivity index (χ0v) is 15.9. The van der Waals surface area contributed by atoms with Gasteiger partial charge in [-0.05, 0) is 54.3 Å². The minimum atomic E-state index is -4.44. The number of rotatable bonds is 4. The molecule has 0 atom stereocenters. The Morgan fingerprint density at radius 2 is 1.93 bits per heavy atom. The number of aryl methyl sites for hydroxylation is 1. The van der Waals surface area contributed by atoms with Crippen LogP contribution in [0.1, 0.15) is 33.5 Å². The molecule has 1 aliphatic heterocycles. The van der Waals surface area contributed by atoms with Gasteiger partial charge < -0.3 is 5.32 Å². The average Bonchev–Trinajstić information content (AvgIpc) is 2.64. The van der Waals surface area contributed by atoms with Gasteiger partial charge in [0, 0.05) is 18.7 Å². The highest BCUT2D eigenvalue weighted by molar-refractivity contribution is 7.92. The van der Waals surface area contributed by atoms with Crippen LogP contribution in [0, 0.1) is 0 Å². The van der Waals surface area contributed by atoms with Crippen molar-refractivity contribution in [3.8, 4) is 0 Å². The summed E-state index contributed by atoms with van der Waals surface area (Å²) in [6.07, 6.45) is -2.01. The second kappa shape index (κ2) is 7.46. The molecule has 150 valence electrons. The van der Waals surface area contributed by atoms with Crippen molar-refractivity contribution in [1.82, 2.24) is 5.32 Å². The first-order valence-corrected chi connectivity index (χ1v) is 10.5. The van der Waals surface area contributed by atoms with E-state index in [1.54, 1.807) is 12.1 Å². The molecule has 0 saturated carbocycles. The molecule has 0 radical (unpaired) electrons. The third kappa shape index (κ3) is 4.46. The summed E-state index contributed by atoms with van der Waals surface area (Å²) in [6, 6.07) is 9.52. The standard InChI is InChI=1S/C19H19F3N2O3S/c1-28(26,27)24-9-3-5-14-11-15(7-8-17(14)24)18(25)23-12-13-4-2-6-16(10-13)19(20,21)22/h2,4,6-8,10-11H,3,5,9,12H2,1H3,(H,23,25). The zero-order chi connectivity index (χ0) is 20.5. The molecule has 1 amide bonds. The summed E-state index contributed by atoms with van der Waals surface area (Å²) in [7, 11) is -3.39. The molecule has 3 rings (SSSR count). The molecule has 2 aromatic rings. The number of fused-ring (bicyclic) bond motifs is 1. The molecule has 0 spiro atoms. The molecule has 0 aromatic heterocycles. The van der Waals surface area contributed by atoms with E-state index >= 15 is 0 Å². The number of carbonyl (C=O) groups is 1. The van der Waals surface area contributed by atoms with E-state index in [0.29, 0.717) is 36.2 Å². The van der Waals surface area contributed by atoms with Crippen molar-refractivity contribution in [2.75, 3.05) is 17.1 Å². The van der Waals surface area contributed by atoms with E-state index in [0.717, 1.165) is 24.0 Å². The quantitative estimate of drug-likeness (QED) is 0.838. The molecule has 1 heterocycles. The second-order valence-electron chi connectivity index (χ2n) is 6.66. The van der Waals surface area contributed by atoms with Crippen LogP contribution in [-0.2, 0) is 29.2 Å². The lowest BCUT2D eigenvalue weighted by atomic mass is 10.0. The molecule has 0 aliphatic carbocycles. The summed E-state index contributed by atoms with van der Waals surface area (Å²) in [5, 5.41) is 2.60. The molecular weight excluding hydrogens is 393 g/mol. The maximum Gasteiger partial charge on any atom is 0.416 e. The first kappa shape index (κ1) is 20.2. The minimum Gasteiger partial charge on any atom is -0.348 e. The summed E-state index contributed by atoms with van der Waals surface area (Å²) in [4.78, 5) is 12.4. The molecule has 5 nitrogen and oxygen atoms in total. The molecule has 1 aliphatic rings. The van der Waals surface area contributed by atoms with Crippen LogP contribution in [0.15, 0.2) is 42.5 Å². The van der Waals surface area contributed by atoms with Gasteiger partial charge >= 0.3 is 6.18 Å². The number of hydrogen-bond acceptors (Lipinski definition) is 3. The number of alkyl halides is 3. The highest BCUT2D eigenvalue weighted by atomic mass is 32.2. The smallest absolute Gasteiger partial charge is 0.348 e. The van der Waals surface area contributed by atoms with Crippen molar-refractivity contribution in [2.45, 2.75) is 25.6 Å². The Bertz CT molecular complexity index is 1000. The van der Waals surface area contributed by atoms with E-state index < -0.39 is 27.7 Å². The van der Waals surface area contributed by atoms with Gasteiger partial charge in [0.2, 0.25) is 10.0 Å². The van der Waals surface area contributed by atoms with Crippen LogP contribution in [0.2, 0.25) is 0 Å². The number of halogens is 3. The third-order valence-corrected chi connectivity index (χ3v) is 5.71. The first-order valence-electron chi connectivity index (χ1n) is 8.61. The SMILES string of the molecule is CS(=O)(=O)N1CCCc2cc(C(=O)NCc3cccc(C(F)(F)F)c3)ccc21. The Kier molecular flexibility index (Phi) is 5.38. The fraction of sp³-hybridized carbons (Fsp3) is 0.316. The molecule has 28 heavy (non-hydrogen) atoms. The van der Waals surface area contributed by atoms with Crippen LogP contribution in [0.3, 0.4) is 0 Å². The van der Waals surface area contributed by atoms with Crippen LogP contribution >= 0.6 is 0 Å². The van der Waals surface area contributed by atoms with Gasteiger partial charge in [-0.15, -0.1) is 0 Å². The number of carbonyl (C=O) groups excluding carboxylic acids is 1. The molecule has 0 saturated heterocycles. The molecule has 2 aromatic carbocycles. The molecule has 0 fully saturated rings. The summed E-state index contributed by atoms with van der Waals surface area (Å²) in [5.74, 6) is -0.434. The highest BCUT2D eigenvalue weighted by Gasteiger charge is 2.30. The molecule has 0 unspecified atom stereocenters. The number of sulfonamides is 1. The Hall–Kier alpha value is -2.55. The lowest BCUT2D eigenvalue weighted by molar-refractivity contribution is -0.137. The van der Waals surface area contributed by atoms with E-state index in [2.05, 4.69) is 5.32 Å². The van der Waals surface area contributed by atoms with Crippen molar-refractivity contribution < 1.29 is 26.4 Å². The Morgan fingerprint density at radius 1 is 1.18 bits per heavy atom. The Morgan fingerprint density at radius 3 is 2.61 bits per heavy atom. The summed E-state index contributed by atoms with van der Waals surface area (Å²) >= 11 is 0. The second-order valence-corrected chi connectivity index (χ2v) is 8.57. The van der Waals surface area contributed by atoms with Gasteiger partial charge in [-0.1, -0.05) is 12.1 Å². The predicted molar refractivity (Wildman–Crippen MR) is 99.6 cm³/mol. The zero-order valence-electron chi connectivity index (χ0n) is 15.1. The maximum atomic E-state index is 12.8. The lowest BCUT2D eigenvalue weighted by Crippen LogP contribution is -2.34. The summed E-state index contributed by atoms with van der Waals surface area (Å²) in [6.45, 7) is 0.349. The van der Waals surface area contributed by atoms with E-state index in [4.69, 9.17) is 0 Å².